The topological polar surface area (TPSA) is 32.9 Å². The van der Waals surface area contributed by atoms with Crippen molar-refractivity contribution in [1.29, 1.82) is 0 Å². The fourth-order valence-electron chi connectivity index (χ4n) is 0.591. The third kappa shape index (κ3) is 1.57. The van der Waals surface area contributed by atoms with Gasteiger partial charge in [0.1, 0.15) is 6.29 Å². The molecule has 0 bridgehead atoms. The summed E-state index contributed by atoms with van der Waals surface area (Å²) >= 11 is 0. The van der Waals surface area contributed by atoms with Crippen LogP contribution in [0.3, 0.4) is 0 Å². The lowest BCUT2D eigenvalue weighted by molar-refractivity contribution is -0.104. The molecule has 0 aliphatic heterocycles. The maximum absolute atomic E-state index is 9.80. The predicted octanol–water partition coefficient (Wildman–Crippen LogP) is 1.23. The molecule has 0 saturated heterocycles. The molecule has 0 amide bonds. The van der Waals surface area contributed by atoms with Gasteiger partial charge in [0.15, 0.2) is 0 Å². The van der Waals surface area contributed by atoms with Gasteiger partial charge in [0.25, 0.3) is 0 Å². The van der Waals surface area contributed by atoms with Gasteiger partial charge in [0.2, 0.25) is 0 Å². The summed E-state index contributed by atoms with van der Waals surface area (Å²) in [5, 5.41) is 0. The molecule has 1 heterocycles. The monoisotopic (exact) mass is 121 g/mol. The first-order valence-electron chi connectivity index (χ1n) is 2.69. The highest BCUT2D eigenvalue weighted by Gasteiger charge is 1.79. The molecule has 0 radical (unpaired) electrons. The SMILES string of the molecule is O=CC=Cc1ccc[nH]1. The smallest absolute Gasteiger partial charge is 0.142 e. The van der Waals surface area contributed by atoms with Crippen molar-refractivity contribution in [1.82, 2.24) is 4.98 Å². The minimum absolute atomic E-state index is 0.751. The molecule has 1 rings (SSSR count). The van der Waals surface area contributed by atoms with Crippen LogP contribution in [-0.2, 0) is 4.79 Å². The van der Waals surface area contributed by atoms with Crippen LogP contribution < -0.4 is 0 Å². The molecule has 0 aliphatic rings. The second kappa shape index (κ2) is 2.87. The Morgan fingerprint density at radius 1 is 1.56 bits per heavy atom. The molecule has 0 atom stereocenters. The summed E-state index contributed by atoms with van der Waals surface area (Å²) < 4.78 is 0. The van der Waals surface area contributed by atoms with E-state index in [1.54, 1.807) is 6.08 Å². The van der Waals surface area contributed by atoms with Gasteiger partial charge in [-0.05, 0) is 24.3 Å². The highest BCUT2D eigenvalue weighted by Crippen LogP contribution is 1.94. The molecule has 9 heavy (non-hydrogen) atoms. The van der Waals surface area contributed by atoms with Crippen LogP contribution in [0, 0.1) is 0 Å². The third-order valence-corrected chi connectivity index (χ3v) is 0.976. The Balaban J connectivity index is 2.67. The summed E-state index contributed by atoms with van der Waals surface area (Å²) in [5.74, 6) is 0. The van der Waals surface area contributed by atoms with Gasteiger partial charge in [-0.15, -0.1) is 0 Å². The zero-order valence-electron chi connectivity index (χ0n) is 4.87. The number of aromatic amines is 1. The van der Waals surface area contributed by atoms with Crippen molar-refractivity contribution in [2.24, 2.45) is 0 Å². The average Bonchev–Trinajstić information content (AvgIpc) is 2.34. The maximum Gasteiger partial charge on any atom is 0.142 e. The predicted molar refractivity (Wildman–Crippen MR) is 35.9 cm³/mol. The van der Waals surface area contributed by atoms with E-state index in [1.165, 1.54) is 6.08 Å². The van der Waals surface area contributed by atoms with E-state index in [1.807, 2.05) is 18.3 Å². The molecule has 1 aromatic rings. The normalized spacial score (nSPS) is 10.2. The van der Waals surface area contributed by atoms with E-state index < -0.39 is 0 Å². The van der Waals surface area contributed by atoms with E-state index in [9.17, 15) is 4.79 Å². The molecule has 1 N–H and O–H groups in total. The largest absolute Gasteiger partial charge is 0.362 e. The Morgan fingerprint density at radius 3 is 3.00 bits per heavy atom. The fraction of sp³-hybridized carbons (Fsp3) is 0. The number of aromatic nitrogens is 1. The van der Waals surface area contributed by atoms with E-state index >= 15 is 0 Å². The van der Waals surface area contributed by atoms with Crippen molar-refractivity contribution in [3.63, 3.8) is 0 Å². The van der Waals surface area contributed by atoms with Crippen molar-refractivity contribution < 1.29 is 4.79 Å². The lowest BCUT2D eigenvalue weighted by Gasteiger charge is -1.77. The number of allylic oxidation sites excluding steroid dienone is 1. The highest BCUT2D eigenvalue weighted by atomic mass is 16.1. The first-order valence-corrected chi connectivity index (χ1v) is 2.69. The summed E-state index contributed by atoms with van der Waals surface area (Å²) in [5.41, 5.74) is 0.946. The number of carbonyl (C=O) groups is 1. The molecular weight excluding hydrogens is 114 g/mol. The molecular formula is C7H7NO. The lowest BCUT2D eigenvalue weighted by atomic mass is 10.4. The third-order valence-electron chi connectivity index (χ3n) is 0.976. The molecule has 0 spiro atoms. The second-order valence-corrected chi connectivity index (χ2v) is 1.62. The summed E-state index contributed by atoms with van der Waals surface area (Å²) in [6, 6.07) is 3.77. The van der Waals surface area contributed by atoms with Gasteiger partial charge in [-0.1, -0.05) is 0 Å². The quantitative estimate of drug-likeness (QED) is 0.463. The Bertz CT molecular complexity index is 199. The Morgan fingerprint density at radius 2 is 2.44 bits per heavy atom. The van der Waals surface area contributed by atoms with Gasteiger partial charge in [-0.2, -0.15) is 0 Å². The van der Waals surface area contributed by atoms with Crippen molar-refractivity contribution >= 4 is 12.4 Å². The van der Waals surface area contributed by atoms with Crippen LogP contribution in [0.15, 0.2) is 24.4 Å². The van der Waals surface area contributed by atoms with Crippen molar-refractivity contribution in [2.45, 2.75) is 0 Å². The number of carbonyl (C=O) groups excluding carboxylic acids is 1. The van der Waals surface area contributed by atoms with Crippen LogP contribution in [0.25, 0.3) is 6.08 Å². The van der Waals surface area contributed by atoms with E-state index in [0.717, 1.165) is 12.0 Å². The Labute approximate surface area is 53.2 Å². The molecule has 2 heteroatoms. The van der Waals surface area contributed by atoms with Crippen molar-refractivity contribution in [3.8, 4) is 0 Å². The van der Waals surface area contributed by atoms with E-state index in [0.29, 0.717) is 0 Å². The van der Waals surface area contributed by atoms with Crippen LogP contribution in [0.2, 0.25) is 0 Å². The van der Waals surface area contributed by atoms with Crippen LogP contribution in [-0.4, -0.2) is 11.3 Å². The second-order valence-electron chi connectivity index (χ2n) is 1.62. The molecule has 1 aromatic heterocycles. The summed E-state index contributed by atoms with van der Waals surface area (Å²) in [4.78, 5) is 12.7. The molecule has 0 aliphatic carbocycles. The summed E-state index contributed by atoms with van der Waals surface area (Å²) in [6.45, 7) is 0. The molecule has 2 nitrogen and oxygen atoms in total. The zero-order chi connectivity index (χ0) is 6.53. The molecule has 0 aromatic carbocycles. The number of rotatable bonds is 2. The zero-order valence-corrected chi connectivity index (χ0v) is 4.87. The van der Waals surface area contributed by atoms with Gasteiger partial charge >= 0.3 is 0 Å². The maximum atomic E-state index is 9.80. The van der Waals surface area contributed by atoms with Gasteiger partial charge in [0, 0.05) is 11.9 Å². The standard InChI is InChI=1S/C7H7NO/c9-6-2-4-7-3-1-5-8-7/h1-6,8H. The Hall–Kier alpha value is -1.31. The number of hydrogen-bond acceptors (Lipinski definition) is 1. The van der Waals surface area contributed by atoms with E-state index in [2.05, 4.69) is 4.98 Å². The highest BCUT2D eigenvalue weighted by molar-refractivity contribution is 5.72. The van der Waals surface area contributed by atoms with Crippen molar-refractivity contribution in [3.05, 3.63) is 30.1 Å². The minimum atomic E-state index is 0.751. The molecule has 0 unspecified atom stereocenters. The van der Waals surface area contributed by atoms with Crippen LogP contribution in [0.5, 0.6) is 0 Å². The van der Waals surface area contributed by atoms with Gasteiger partial charge in [-0.25, -0.2) is 0 Å². The van der Waals surface area contributed by atoms with E-state index in [4.69, 9.17) is 0 Å². The number of hydrogen-bond donors (Lipinski definition) is 1. The Kier molecular flexibility index (Phi) is 1.85. The molecule has 46 valence electrons. The van der Waals surface area contributed by atoms with Crippen molar-refractivity contribution in [2.75, 3.05) is 0 Å². The molecule has 0 saturated carbocycles. The first-order chi connectivity index (χ1) is 4.43. The van der Waals surface area contributed by atoms with Gasteiger partial charge in [-0.3, -0.25) is 4.79 Å². The van der Waals surface area contributed by atoms with Crippen LogP contribution >= 0.6 is 0 Å². The summed E-state index contributed by atoms with van der Waals surface area (Å²) in [6.07, 6.45) is 5.73. The van der Waals surface area contributed by atoms with Crippen LogP contribution in [0.1, 0.15) is 5.69 Å². The van der Waals surface area contributed by atoms with Crippen LogP contribution in [0.4, 0.5) is 0 Å². The minimum Gasteiger partial charge on any atom is -0.362 e. The number of nitrogens with one attached hydrogen (secondary N) is 1. The lowest BCUT2D eigenvalue weighted by Crippen LogP contribution is -1.66. The van der Waals surface area contributed by atoms with Gasteiger partial charge in [0.05, 0.1) is 0 Å². The summed E-state index contributed by atoms with van der Waals surface area (Å²) in [7, 11) is 0. The fourth-order valence-corrected chi connectivity index (χ4v) is 0.591. The number of aldehydes is 1. The average molecular weight is 121 g/mol. The first kappa shape index (κ1) is 5.82. The number of H-pyrrole nitrogens is 1. The molecule has 0 fully saturated rings. The van der Waals surface area contributed by atoms with E-state index in [-0.39, 0.29) is 0 Å². The van der Waals surface area contributed by atoms with Gasteiger partial charge < -0.3 is 4.98 Å².